The van der Waals surface area contributed by atoms with Crippen molar-refractivity contribution < 1.29 is 18.9 Å². The molecule has 1 N–H and O–H groups in total. The molecule has 0 saturated carbocycles. The highest BCUT2D eigenvalue weighted by atomic mass is 16.5. The van der Waals surface area contributed by atoms with E-state index in [0.29, 0.717) is 5.75 Å². The molecule has 0 aliphatic carbocycles. The molecule has 3 rings (SSSR count). The highest BCUT2D eigenvalue weighted by Gasteiger charge is 2.25. The van der Waals surface area contributed by atoms with Crippen molar-refractivity contribution in [3.63, 3.8) is 0 Å². The minimum absolute atomic E-state index is 0.215. The Labute approximate surface area is 160 Å². The molecule has 2 aromatic carbocycles. The van der Waals surface area contributed by atoms with Gasteiger partial charge in [0.15, 0.2) is 23.0 Å². The molecule has 1 heterocycles. The summed E-state index contributed by atoms with van der Waals surface area (Å²) in [7, 11) is 6.65. The van der Waals surface area contributed by atoms with Crippen LogP contribution in [0.3, 0.4) is 0 Å². The highest BCUT2D eigenvalue weighted by molar-refractivity contribution is 5.75. The van der Waals surface area contributed by atoms with Crippen molar-refractivity contribution in [2.24, 2.45) is 0 Å². The van der Waals surface area contributed by atoms with E-state index in [0.717, 1.165) is 41.3 Å². The quantitative estimate of drug-likeness (QED) is 0.777. The van der Waals surface area contributed by atoms with Gasteiger partial charge in [-0.3, -0.25) is 0 Å². The smallest absolute Gasteiger partial charge is 0.165 e. The summed E-state index contributed by atoms with van der Waals surface area (Å²) in [5.41, 5.74) is 4.66. The summed E-state index contributed by atoms with van der Waals surface area (Å²) in [4.78, 5) is 0. The number of hydrogen-bond donors (Lipinski definition) is 1. The first kappa shape index (κ1) is 19.1. The zero-order chi connectivity index (χ0) is 19.4. The van der Waals surface area contributed by atoms with Gasteiger partial charge in [0.25, 0.3) is 0 Å². The van der Waals surface area contributed by atoms with Crippen molar-refractivity contribution in [3.05, 3.63) is 46.5 Å². The van der Waals surface area contributed by atoms with Crippen LogP contribution in [0, 0.1) is 0 Å². The van der Waals surface area contributed by atoms with Crippen LogP contribution in [-0.2, 0) is 6.42 Å². The standard InChI is InChI=1S/C22H27NO4/c1-14-21-17(10-11-23-14)16(13-20(26-4)22(21)27-5)8-6-15-7-9-18(24-2)19(12-15)25-3/h6-9,12-14,23H,10-11H2,1-5H3/b8-6+. The van der Waals surface area contributed by atoms with E-state index in [2.05, 4.69) is 24.4 Å². The lowest BCUT2D eigenvalue weighted by molar-refractivity contribution is 0.344. The Morgan fingerprint density at radius 2 is 1.63 bits per heavy atom. The number of hydrogen-bond acceptors (Lipinski definition) is 5. The van der Waals surface area contributed by atoms with E-state index in [1.807, 2.05) is 24.3 Å². The Bertz CT molecular complexity index is 845. The van der Waals surface area contributed by atoms with Crippen LogP contribution in [0.4, 0.5) is 0 Å². The van der Waals surface area contributed by atoms with E-state index < -0.39 is 0 Å². The molecular formula is C22H27NO4. The molecule has 144 valence electrons. The zero-order valence-corrected chi connectivity index (χ0v) is 16.6. The molecule has 2 aromatic rings. The van der Waals surface area contributed by atoms with Gasteiger partial charge in [-0.2, -0.15) is 0 Å². The van der Waals surface area contributed by atoms with Gasteiger partial charge < -0.3 is 24.3 Å². The minimum atomic E-state index is 0.215. The Morgan fingerprint density at radius 1 is 0.889 bits per heavy atom. The molecule has 1 atom stereocenters. The Hall–Kier alpha value is -2.66. The number of nitrogens with one attached hydrogen (secondary N) is 1. The number of ether oxygens (including phenoxy) is 4. The summed E-state index contributed by atoms with van der Waals surface area (Å²) >= 11 is 0. The molecule has 1 aliphatic rings. The second-order valence-corrected chi connectivity index (χ2v) is 6.47. The molecule has 5 nitrogen and oxygen atoms in total. The fourth-order valence-electron chi connectivity index (χ4n) is 3.63. The average molecular weight is 369 g/mol. The van der Waals surface area contributed by atoms with Gasteiger partial charge in [-0.15, -0.1) is 0 Å². The topological polar surface area (TPSA) is 49.0 Å². The number of benzene rings is 2. The van der Waals surface area contributed by atoms with Gasteiger partial charge in [0.05, 0.1) is 28.4 Å². The third kappa shape index (κ3) is 3.74. The van der Waals surface area contributed by atoms with E-state index in [-0.39, 0.29) is 6.04 Å². The maximum Gasteiger partial charge on any atom is 0.165 e. The lowest BCUT2D eigenvalue weighted by Crippen LogP contribution is -2.29. The van der Waals surface area contributed by atoms with E-state index >= 15 is 0 Å². The first-order valence-corrected chi connectivity index (χ1v) is 9.04. The summed E-state index contributed by atoms with van der Waals surface area (Å²) in [5, 5.41) is 3.50. The summed E-state index contributed by atoms with van der Waals surface area (Å²) < 4.78 is 22.0. The second-order valence-electron chi connectivity index (χ2n) is 6.47. The summed E-state index contributed by atoms with van der Waals surface area (Å²) in [6.07, 6.45) is 5.15. The van der Waals surface area contributed by atoms with Crippen LogP contribution < -0.4 is 24.3 Å². The van der Waals surface area contributed by atoms with E-state index in [1.54, 1.807) is 28.4 Å². The molecule has 5 heteroatoms. The van der Waals surface area contributed by atoms with Gasteiger partial charge in [0.2, 0.25) is 0 Å². The van der Waals surface area contributed by atoms with Crippen LogP contribution in [-0.4, -0.2) is 35.0 Å². The largest absolute Gasteiger partial charge is 0.493 e. The van der Waals surface area contributed by atoms with Crippen LogP contribution in [0.25, 0.3) is 12.2 Å². The molecule has 0 bridgehead atoms. The molecule has 0 radical (unpaired) electrons. The van der Waals surface area contributed by atoms with Gasteiger partial charge in [0, 0.05) is 11.6 Å². The van der Waals surface area contributed by atoms with E-state index in [4.69, 9.17) is 18.9 Å². The van der Waals surface area contributed by atoms with Crippen molar-refractivity contribution in [1.82, 2.24) is 5.32 Å². The second kappa shape index (κ2) is 8.35. The summed E-state index contributed by atoms with van der Waals surface area (Å²) in [5.74, 6) is 3.00. The Kier molecular flexibility index (Phi) is 5.91. The van der Waals surface area contributed by atoms with Crippen molar-refractivity contribution in [2.75, 3.05) is 35.0 Å². The van der Waals surface area contributed by atoms with Gasteiger partial charge >= 0.3 is 0 Å². The lowest BCUT2D eigenvalue weighted by atomic mass is 9.89. The Morgan fingerprint density at radius 3 is 2.30 bits per heavy atom. The third-order valence-electron chi connectivity index (χ3n) is 4.97. The molecule has 27 heavy (non-hydrogen) atoms. The predicted molar refractivity (Wildman–Crippen MR) is 108 cm³/mol. The maximum atomic E-state index is 5.66. The van der Waals surface area contributed by atoms with Crippen LogP contribution >= 0.6 is 0 Å². The first-order valence-electron chi connectivity index (χ1n) is 9.04. The van der Waals surface area contributed by atoms with Gasteiger partial charge in [-0.25, -0.2) is 0 Å². The molecule has 0 aromatic heterocycles. The molecule has 0 fully saturated rings. The Balaban J connectivity index is 2.04. The molecule has 0 saturated heterocycles. The van der Waals surface area contributed by atoms with Crippen LogP contribution in [0.1, 0.15) is 35.2 Å². The predicted octanol–water partition coefficient (Wildman–Crippen LogP) is 4.10. The average Bonchev–Trinajstić information content (AvgIpc) is 2.71. The van der Waals surface area contributed by atoms with Crippen LogP contribution in [0.15, 0.2) is 24.3 Å². The van der Waals surface area contributed by atoms with Crippen molar-refractivity contribution >= 4 is 12.2 Å². The monoisotopic (exact) mass is 369 g/mol. The fourth-order valence-corrected chi connectivity index (χ4v) is 3.63. The van der Waals surface area contributed by atoms with Crippen molar-refractivity contribution in [2.45, 2.75) is 19.4 Å². The molecule has 1 unspecified atom stereocenters. The minimum Gasteiger partial charge on any atom is -0.493 e. The third-order valence-corrected chi connectivity index (χ3v) is 4.97. The van der Waals surface area contributed by atoms with Gasteiger partial charge in [0.1, 0.15) is 0 Å². The number of rotatable bonds is 6. The lowest BCUT2D eigenvalue weighted by Gasteiger charge is -2.28. The van der Waals surface area contributed by atoms with Crippen molar-refractivity contribution in [3.8, 4) is 23.0 Å². The summed E-state index contributed by atoms with van der Waals surface area (Å²) in [6.45, 7) is 3.10. The molecular weight excluding hydrogens is 342 g/mol. The van der Waals surface area contributed by atoms with Gasteiger partial charge in [-0.05, 0) is 54.8 Å². The molecule has 0 amide bonds. The van der Waals surface area contributed by atoms with Crippen LogP contribution in [0.5, 0.6) is 23.0 Å². The highest BCUT2D eigenvalue weighted by Crippen LogP contribution is 2.41. The number of methoxy groups -OCH3 is 4. The van der Waals surface area contributed by atoms with E-state index in [9.17, 15) is 0 Å². The first-order chi connectivity index (χ1) is 13.1. The number of fused-ring (bicyclic) bond motifs is 1. The molecule has 0 spiro atoms. The fraction of sp³-hybridized carbons (Fsp3) is 0.364. The van der Waals surface area contributed by atoms with E-state index in [1.165, 1.54) is 11.1 Å². The molecule has 1 aliphatic heterocycles. The van der Waals surface area contributed by atoms with Crippen LogP contribution in [0.2, 0.25) is 0 Å². The SMILES string of the molecule is COc1ccc(/C=C/c2cc(OC)c(OC)c3c2CCNC3C)cc1OC. The summed E-state index contributed by atoms with van der Waals surface area (Å²) in [6, 6.07) is 8.15. The van der Waals surface area contributed by atoms with Gasteiger partial charge in [-0.1, -0.05) is 18.2 Å². The maximum absolute atomic E-state index is 5.66. The normalized spacial score (nSPS) is 16.1. The zero-order valence-electron chi connectivity index (χ0n) is 16.6. The van der Waals surface area contributed by atoms with Crippen molar-refractivity contribution in [1.29, 1.82) is 0 Å².